The molecule has 8 heteroatoms. The topological polar surface area (TPSA) is 45.2 Å². The summed E-state index contributed by atoms with van der Waals surface area (Å²) in [4.78, 5) is 18.5. The second kappa shape index (κ2) is 8.95. The molecule has 2 atom stereocenters. The first-order valence-corrected chi connectivity index (χ1v) is 9.41. The van der Waals surface area contributed by atoms with E-state index in [1.807, 2.05) is 0 Å². The Hall–Kier alpha value is -1.76. The number of amides is 1. The predicted molar refractivity (Wildman–Crippen MR) is 101 cm³/mol. The van der Waals surface area contributed by atoms with Crippen molar-refractivity contribution < 1.29 is 13.6 Å². The molecule has 4 nitrogen and oxygen atoms in total. The molecule has 1 amide bonds. The minimum absolute atomic E-state index is 0.203. The monoisotopic (exact) mass is 413 g/mol. The molecule has 27 heavy (non-hydrogen) atoms. The van der Waals surface area contributed by atoms with Gasteiger partial charge in [0.2, 0.25) is 0 Å². The number of likely N-dealkylation sites (tertiary alicyclic amines) is 1. The lowest BCUT2D eigenvalue weighted by molar-refractivity contribution is 0.0505. The van der Waals surface area contributed by atoms with Gasteiger partial charge in [0.15, 0.2) is 0 Å². The smallest absolute Gasteiger partial charge is 0.254 e. The molecule has 1 aromatic heterocycles. The molecule has 2 aromatic rings. The van der Waals surface area contributed by atoms with Crippen molar-refractivity contribution in [2.24, 2.45) is 0 Å². The maximum absolute atomic E-state index is 13.9. The third-order valence-electron chi connectivity index (χ3n) is 4.59. The van der Waals surface area contributed by atoms with Gasteiger partial charge in [-0.1, -0.05) is 23.2 Å². The van der Waals surface area contributed by atoms with Crippen LogP contribution in [0.2, 0.25) is 10.0 Å². The van der Waals surface area contributed by atoms with Gasteiger partial charge in [-0.05, 0) is 36.8 Å². The fraction of sp³-hybridized carbons (Fsp3) is 0.368. The number of benzene rings is 1. The van der Waals surface area contributed by atoms with Gasteiger partial charge in [-0.15, -0.1) is 0 Å². The number of halogens is 4. The molecule has 1 aliphatic heterocycles. The number of nitrogens with zero attached hydrogens (tertiary/aromatic N) is 2. The second-order valence-corrected chi connectivity index (χ2v) is 7.28. The van der Waals surface area contributed by atoms with Gasteiger partial charge >= 0.3 is 0 Å². The molecular formula is C19H19Cl2F2N3O. The zero-order chi connectivity index (χ0) is 19.4. The Bertz CT molecular complexity index is 821. The van der Waals surface area contributed by atoms with Crippen molar-refractivity contribution in [3.63, 3.8) is 0 Å². The van der Waals surface area contributed by atoms with Crippen LogP contribution >= 0.6 is 23.2 Å². The zero-order valence-corrected chi connectivity index (χ0v) is 16.0. The SMILES string of the molecule is O=C(c1ccc(Cl)c(Cl)c1)N1CCC(F)CC1CNCc1ncccc1F. The number of hydrogen-bond acceptors (Lipinski definition) is 3. The molecule has 1 fully saturated rings. The number of pyridine rings is 1. The largest absolute Gasteiger partial charge is 0.334 e. The molecule has 1 N–H and O–H groups in total. The molecule has 1 aliphatic rings. The number of hydrogen-bond donors (Lipinski definition) is 1. The van der Waals surface area contributed by atoms with Gasteiger partial charge < -0.3 is 10.2 Å². The van der Waals surface area contributed by atoms with E-state index in [0.29, 0.717) is 35.1 Å². The van der Waals surface area contributed by atoms with Crippen LogP contribution in [0.4, 0.5) is 8.78 Å². The van der Waals surface area contributed by atoms with E-state index >= 15 is 0 Å². The second-order valence-electron chi connectivity index (χ2n) is 6.47. The lowest BCUT2D eigenvalue weighted by atomic mass is 9.99. The normalized spacial score (nSPS) is 19.9. The zero-order valence-electron chi connectivity index (χ0n) is 14.5. The van der Waals surface area contributed by atoms with Crippen LogP contribution in [0.5, 0.6) is 0 Å². The Morgan fingerprint density at radius 1 is 1.30 bits per heavy atom. The molecule has 0 radical (unpaired) electrons. The first kappa shape index (κ1) is 20.0. The van der Waals surface area contributed by atoms with E-state index < -0.39 is 12.0 Å². The third-order valence-corrected chi connectivity index (χ3v) is 5.33. The number of aromatic nitrogens is 1. The van der Waals surface area contributed by atoms with Gasteiger partial charge in [0.25, 0.3) is 5.91 Å². The van der Waals surface area contributed by atoms with Crippen LogP contribution in [0, 0.1) is 5.82 Å². The third kappa shape index (κ3) is 4.94. The summed E-state index contributed by atoms with van der Waals surface area (Å²) < 4.78 is 27.6. The Morgan fingerprint density at radius 2 is 2.11 bits per heavy atom. The minimum Gasteiger partial charge on any atom is -0.334 e. The molecule has 144 valence electrons. The average molecular weight is 414 g/mol. The molecule has 0 saturated carbocycles. The van der Waals surface area contributed by atoms with E-state index in [1.54, 1.807) is 17.0 Å². The molecule has 2 unspecified atom stereocenters. The maximum Gasteiger partial charge on any atom is 0.254 e. The highest BCUT2D eigenvalue weighted by molar-refractivity contribution is 6.42. The summed E-state index contributed by atoms with van der Waals surface area (Å²) in [6, 6.07) is 7.19. The molecule has 0 bridgehead atoms. The lowest BCUT2D eigenvalue weighted by Crippen LogP contribution is -2.51. The molecular weight excluding hydrogens is 395 g/mol. The predicted octanol–water partition coefficient (Wildman–Crippen LogP) is 4.26. The van der Waals surface area contributed by atoms with Gasteiger partial charge in [-0.3, -0.25) is 9.78 Å². The van der Waals surface area contributed by atoms with Gasteiger partial charge in [0.05, 0.1) is 15.7 Å². The summed E-state index contributed by atoms with van der Waals surface area (Å²) >= 11 is 11.9. The number of piperidine rings is 1. The highest BCUT2D eigenvalue weighted by Gasteiger charge is 2.32. The van der Waals surface area contributed by atoms with Crippen molar-refractivity contribution in [1.82, 2.24) is 15.2 Å². The molecule has 0 aliphatic carbocycles. The number of carbonyl (C=O) groups excluding carboxylic acids is 1. The Labute approximate surface area is 166 Å². The fourth-order valence-corrected chi connectivity index (χ4v) is 3.46. The fourth-order valence-electron chi connectivity index (χ4n) is 3.16. The summed E-state index contributed by atoms with van der Waals surface area (Å²) in [5.41, 5.74) is 0.690. The van der Waals surface area contributed by atoms with Crippen molar-refractivity contribution in [1.29, 1.82) is 0 Å². The standard InChI is InChI=1S/C19H19Cl2F2N3O/c20-15-4-3-12(8-16(15)21)19(27)26-7-5-13(22)9-14(26)10-24-11-18-17(23)2-1-6-25-18/h1-4,6,8,13-14,24H,5,7,9-11H2. The van der Waals surface area contributed by atoms with Crippen LogP contribution in [-0.2, 0) is 6.54 Å². The maximum atomic E-state index is 13.9. The van der Waals surface area contributed by atoms with E-state index in [0.717, 1.165) is 0 Å². The van der Waals surface area contributed by atoms with Crippen LogP contribution in [0.25, 0.3) is 0 Å². The van der Waals surface area contributed by atoms with Gasteiger partial charge in [0.1, 0.15) is 12.0 Å². The van der Waals surface area contributed by atoms with Crippen LogP contribution in [-0.4, -0.2) is 41.1 Å². The summed E-state index contributed by atoms with van der Waals surface area (Å²) in [5, 5.41) is 3.74. The lowest BCUT2D eigenvalue weighted by Gasteiger charge is -2.37. The Kier molecular flexibility index (Phi) is 6.63. The minimum atomic E-state index is -0.971. The number of nitrogens with one attached hydrogen (secondary N) is 1. The van der Waals surface area contributed by atoms with Crippen LogP contribution in [0.3, 0.4) is 0 Å². The Morgan fingerprint density at radius 3 is 2.85 bits per heavy atom. The highest BCUT2D eigenvalue weighted by atomic mass is 35.5. The van der Waals surface area contributed by atoms with E-state index in [2.05, 4.69) is 10.3 Å². The van der Waals surface area contributed by atoms with Crippen LogP contribution in [0.1, 0.15) is 28.9 Å². The summed E-state index contributed by atoms with van der Waals surface area (Å²) in [5.74, 6) is -0.628. The molecule has 1 aromatic carbocycles. The van der Waals surface area contributed by atoms with E-state index in [1.165, 1.54) is 24.4 Å². The van der Waals surface area contributed by atoms with E-state index in [-0.39, 0.29) is 30.6 Å². The average Bonchev–Trinajstić information content (AvgIpc) is 2.65. The summed E-state index contributed by atoms with van der Waals surface area (Å²) in [6.07, 6.45) is 1.06. The Balaban J connectivity index is 1.68. The summed E-state index contributed by atoms with van der Waals surface area (Å²) in [7, 11) is 0. The molecule has 2 heterocycles. The molecule has 3 rings (SSSR count). The van der Waals surface area contributed by atoms with Crippen LogP contribution < -0.4 is 5.32 Å². The number of alkyl halides is 1. The van der Waals surface area contributed by atoms with Gasteiger partial charge in [0, 0.05) is 43.9 Å². The number of rotatable bonds is 5. The van der Waals surface area contributed by atoms with E-state index in [9.17, 15) is 13.6 Å². The van der Waals surface area contributed by atoms with Crippen molar-refractivity contribution in [3.8, 4) is 0 Å². The van der Waals surface area contributed by atoms with Crippen molar-refractivity contribution in [3.05, 3.63) is 63.6 Å². The first-order valence-electron chi connectivity index (χ1n) is 8.66. The van der Waals surface area contributed by atoms with Gasteiger partial charge in [-0.2, -0.15) is 0 Å². The molecule has 1 saturated heterocycles. The first-order chi connectivity index (χ1) is 13.0. The van der Waals surface area contributed by atoms with E-state index in [4.69, 9.17) is 23.2 Å². The quantitative estimate of drug-likeness (QED) is 0.796. The number of carbonyl (C=O) groups is 1. The van der Waals surface area contributed by atoms with Crippen LogP contribution in [0.15, 0.2) is 36.5 Å². The summed E-state index contributed by atoms with van der Waals surface area (Å²) in [6.45, 7) is 0.850. The highest BCUT2D eigenvalue weighted by Crippen LogP contribution is 2.26. The van der Waals surface area contributed by atoms with Crippen molar-refractivity contribution in [2.75, 3.05) is 13.1 Å². The van der Waals surface area contributed by atoms with Gasteiger partial charge in [-0.25, -0.2) is 8.78 Å². The molecule has 0 spiro atoms. The van der Waals surface area contributed by atoms with Crippen molar-refractivity contribution in [2.45, 2.75) is 31.6 Å². The van der Waals surface area contributed by atoms with Crippen molar-refractivity contribution >= 4 is 29.1 Å².